The normalized spacial score (nSPS) is 10.6. The van der Waals surface area contributed by atoms with Gasteiger partial charge in [-0.05, 0) is 17.5 Å². The van der Waals surface area contributed by atoms with Crippen molar-refractivity contribution in [1.29, 1.82) is 0 Å². The SMILES string of the molecule is O=Cc1cc(Cl)c(F)c2ccsc12. The maximum atomic E-state index is 13.3. The number of halogens is 2. The number of carbonyl (C=O) groups excluding carboxylic acids is 1. The van der Waals surface area contributed by atoms with Gasteiger partial charge in [0.05, 0.1) is 5.02 Å². The molecule has 0 aliphatic heterocycles. The quantitative estimate of drug-likeness (QED) is 0.664. The third kappa shape index (κ3) is 1.24. The Morgan fingerprint density at radius 3 is 3.00 bits per heavy atom. The predicted octanol–water partition coefficient (Wildman–Crippen LogP) is 3.51. The lowest BCUT2D eigenvalue weighted by Gasteiger charge is -1.98. The van der Waals surface area contributed by atoms with Gasteiger partial charge in [-0.25, -0.2) is 4.39 Å². The van der Waals surface area contributed by atoms with E-state index in [0.717, 1.165) is 0 Å². The molecule has 0 bridgehead atoms. The Kier molecular flexibility index (Phi) is 2.06. The minimum atomic E-state index is -0.455. The van der Waals surface area contributed by atoms with Crippen LogP contribution in [-0.4, -0.2) is 6.29 Å². The summed E-state index contributed by atoms with van der Waals surface area (Å²) >= 11 is 6.93. The second-order valence-corrected chi connectivity index (χ2v) is 3.87. The Bertz CT molecular complexity index is 478. The molecule has 0 saturated carbocycles. The lowest BCUT2D eigenvalue weighted by molar-refractivity contribution is 0.112. The molecule has 2 rings (SSSR count). The first-order chi connectivity index (χ1) is 6.24. The van der Waals surface area contributed by atoms with Gasteiger partial charge in [-0.3, -0.25) is 4.79 Å². The second kappa shape index (κ2) is 3.09. The number of hydrogen-bond donors (Lipinski definition) is 0. The molecule has 13 heavy (non-hydrogen) atoms. The molecule has 1 nitrogen and oxygen atoms in total. The summed E-state index contributed by atoms with van der Waals surface area (Å²) < 4.78 is 14.0. The third-order valence-electron chi connectivity index (χ3n) is 1.78. The number of thiophene rings is 1. The van der Waals surface area contributed by atoms with Crippen LogP contribution >= 0.6 is 22.9 Å². The molecule has 4 heteroatoms. The number of rotatable bonds is 1. The molecule has 2 aromatic rings. The van der Waals surface area contributed by atoms with Crippen LogP contribution in [0.25, 0.3) is 10.1 Å². The van der Waals surface area contributed by atoms with E-state index in [9.17, 15) is 9.18 Å². The molecule has 66 valence electrons. The number of carbonyl (C=O) groups is 1. The van der Waals surface area contributed by atoms with Crippen LogP contribution < -0.4 is 0 Å². The first kappa shape index (κ1) is 8.66. The summed E-state index contributed by atoms with van der Waals surface area (Å²) in [7, 11) is 0. The fourth-order valence-corrected chi connectivity index (χ4v) is 2.27. The molecular formula is C9H4ClFOS. The van der Waals surface area contributed by atoms with Gasteiger partial charge in [-0.1, -0.05) is 11.6 Å². The molecule has 0 saturated heterocycles. The van der Waals surface area contributed by atoms with Crippen molar-refractivity contribution in [2.45, 2.75) is 0 Å². The van der Waals surface area contributed by atoms with Crippen LogP contribution in [0.3, 0.4) is 0 Å². The van der Waals surface area contributed by atoms with Gasteiger partial charge in [0.1, 0.15) is 5.82 Å². The monoisotopic (exact) mass is 214 g/mol. The molecule has 1 heterocycles. The number of benzene rings is 1. The average molecular weight is 215 g/mol. The summed E-state index contributed by atoms with van der Waals surface area (Å²) in [5, 5.41) is 2.14. The molecule has 0 N–H and O–H groups in total. The average Bonchev–Trinajstić information content (AvgIpc) is 2.60. The van der Waals surface area contributed by atoms with Crippen LogP contribution in [-0.2, 0) is 0 Å². The van der Waals surface area contributed by atoms with E-state index < -0.39 is 5.82 Å². The molecule has 0 aliphatic carbocycles. The van der Waals surface area contributed by atoms with Crippen LogP contribution in [0.15, 0.2) is 17.5 Å². The minimum absolute atomic E-state index is 0.00648. The van der Waals surface area contributed by atoms with Crippen molar-refractivity contribution in [3.05, 3.63) is 33.9 Å². The summed E-state index contributed by atoms with van der Waals surface area (Å²) in [5.74, 6) is -0.455. The maximum absolute atomic E-state index is 13.3. The van der Waals surface area contributed by atoms with E-state index in [0.29, 0.717) is 21.9 Å². The van der Waals surface area contributed by atoms with Crippen LogP contribution in [0, 0.1) is 5.82 Å². The zero-order valence-corrected chi connectivity index (χ0v) is 7.95. The number of hydrogen-bond acceptors (Lipinski definition) is 2. The third-order valence-corrected chi connectivity index (χ3v) is 3.02. The molecule has 0 fully saturated rings. The first-order valence-corrected chi connectivity index (χ1v) is 4.80. The molecule has 0 aliphatic rings. The predicted molar refractivity (Wildman–Crippen MR) is 52.2 cm³/mol. The van der Waals surface area contributed by atoms with Crippen molar-refractivity contribution >= 4 is 39.3 Å². The van der Waals surface area contributed by atoms with Crippen molar-refractivity contribution in [3.63, 3.8) is 0 Å². The largest absolute Gasteiger partial charge is 0.298 e. The Labute approximate surface area is 82.7 Å². The van der Waals surface area contributed by atoms with Crippen molar-refractivity contribution in [2.24, 2.45) is 0 Å². The second-order valence-electron chi connectivity index (χ2n) is 2.54. The van der Waals surface area contributed by atoms with Gasteiger partial charge in [0.25, 0.3) is 0 Å². The molecule has 0 unspecified atom stereocenters. The highest BCUT2D eigenvalue weighted by Crippen LogP contribution is 2.31. The highest BCUT2D eigenvalue weighted by Gasteiger charge is 2.10. The van der Waals surface area contributed by atoms with Crippen LogP contribution in [0.4, 0.5) is 4.39 Å². The van der Waals surface area contributed by atoms with Gasteiger partial charge < -0.3 is 0 Å². The lowest BCUT2D eigenvalue weighted by Crippen LogP contribution is -1.84. The Morgan fingerprint density at radius 1 is 1.54 bits per heavy atom. The molecule has 0 atom stereocenters. The number of fused-ring (bicyclic) bond motifs is 1. The molecule has 1 aromatic carbocycles. The van der Waals surface area contributed by atoms with Gasteiger partial charge in [0.2, 0.25) is 0 Å². The van der Waals surface area contributed by atoms with Crippen molar-refractivity contribution in [2.75, 3.05) is 0 Å². The molecular weight excluding hydrogens is 211 g/mol. The van der Waals surface area contributed by atoms with Gasteiger partial charge >= 0.3 is 0 Å². The summed E-state index contributed by atoms with van der Waals surface area (Å²) in [6, 6.07) is 2.97. The topological polar surface area (TPSA) is 17.1 Å². The Morgan fingerprint density at radius 2 is 2.31 bits per heavy atom. The molecule has 0 amide bonds. The Balaban J connectivity index is 2.95. The first-order valence-electron chi connectivity index (χ1n) is 3.54. The highest BCUT2D eigenvalue weighted by atomic mass is 35.5. The van der Waals surface area contributed by atoms with E-state index in [1.165, 1.54) is 17.4 Å². The summed E-state index contributed by atoms with van der Waals surface area (Å²) in [6.07, 6.45) is 0.685. The Hall–Kier alpha value is -0.930. The van der Waals surface area contributed by atoms with Crippen molar-refractivity contribution in [1.82, 2.24) is 0 Å². The van der Waals surface area contributed by atoms with Crippen molar-refractivity contribution < 1.29 is 9.18 Å². The lowest BCUT2D eigenvalue weighted by atomic mass is 10.2. The van der Waals surface area contributed by atoms with Gasteiger partial charge in [-0.15, -0.1) is 11.3 Å². The summed E-state index contributed by atoms with van der Waals surface area (Å²) in [4.78, 5) is 10.6. The van der Waals surface area contributed by atoms with Gasteiger partial charge in [0.15, 0.2) is 6.29 Å². The minimum Gasteiger partial charge on any atom is -0.298 e. The summed E-state index contributed by atoms with van der Waals surface area (Å²) in [5.41, 5.74) is 0.441. The van der Waals surface area contributed by atoms with E-state index in [4.69, 9.17) is 11.6 Å². The zero-order valence-electron chi connectivity index (χ0n) is 6.38. The smallest absolute Gasteiger partial charge is 0.151 e. The van der Waals surface area contributed by atoms with Crippen LogP contribution in [0.2, 0.25) is 5.02 Å². The van der Waals surface area contributed by atoms with Gasteiger partial charge in [-0.2, -0.15) is 0 Å². The fraction of sp³-hybridized carbons (Fsp3) is 0. The number of aldehydes is 1. The molecule has 1 aromatic heterocycles. The van der Waals surface area contributed by atoms with E-state index in [2.05, 4.69) is 0 Å². The van der Waals surface area contributed by atoms with E-state index >= 15 is 0 Å². The van der Waals surface area contributed by atoms with Crippen LogP contribution in [0.5, 0.6) is 0 Å². The highest BCUT2D eigenvalue weighted by molar-refractivity contribution is 7.17. The van der Waals surface area contributed by atoms with E-state index in [1.54, 1.807) is 11.4 Å². The fourth-order valence-electron chi connectivity index (χ4n) is 1.19. The molecule has 0 radical (unpaired) electrons. The van der Waals surface area contributed by atoms with E-state index in [1.807, 2.05) is 0 Å². The molecule has 0 spiro atoms. The maximum Gasteiger partial charge on any atom is 0.151 e. The summed E-state index contributed by atoms with van der Waals surface area (Å²) in [6.45, 7) is 0. The van der Waals surface area contributed by atoms with Gasteiger partial charge in [0, 0.05) is 15.6 Å². The van der Waals surface area contributed by atoms with Crippen LogP contribution in [0.1, 0.15) is 10.4 Å². The van der Waals surface area contributed by atoms with Crippen molar-refractivity contribution in [3.8, 4) is 0 Å². The standard InChI is InChI=1S/C9H4ClFOS/c10-7-3-5(4-12)9-6(8(7)11)1-2-13-9/h1-4H. The van der Waals surface area contributed by atoms with E-state index in [-0.39, 0.29) is 5.02 Å². The zero-order chi connectivity index (χ0) is 9.42.